The van der Waals surface area contributed by atoms with Gasteiger partial charge >= 0.3 is 0 Å². The highest BCUT2D eigenvalue weighted by atomic mass is 16.5. The Morgan fingerprint density at radius 3 is 2.72 bits per heavy atom. The van der Waals surface area contributed by atoms with Gasteiger partial charge in [-0.1, -0.05) is 20.8 Å². The fourth-order valence-corrected chi connectivity index (χ4v) is 3.72. The van der Waals surface area contributed by atoms with Crippen LogP contribution in [0.3, 0.4) is 0 Å². The number of hydrogen-bond acceptors (Lipinski definition) is 3. The number of rotatable bonds is 5. The minimum absolute atomic E-state index is 0.436. The first kappa shape index (κ1) is 14.3. The van der Waals surface area contributed by atoms with Gasteiger partial charge in [0.15, 0.2) is 0 Å². The SMILES string of the molecule is CCCNC1C(N2CCC(OC)C2)CCC1(C)C. The van der Waals surface area contributed by atoms with E-state index < -0.39 is 0 Å². The number of ether oxygens (including phenoxy) is 1. The first-order valence-corrected chi connectivity index (χ1v) is 7.58. The van der Waals surface area contributed by atoms with E-state index in [-0.39, 0.29) is 0 Å². The molecule has 1 heterocycles. The van der Waals surface area contributed by atoms with Crippen molar-refractivity contribution in [3.63, 3.8) is 0 Å². The first-order valence-electron chi connectivity index (χ1n) is 7.58. The summed E-state index contributed by atoms with van der Waals surface area (Å²) < 4.78 is 5.51. The highest BCUT2D eigenvalue weighted by Gasteiger charge is 2.45. The summed E-state index contributed by atoms with van der Waals surface area (Å²) in [6.07, 6.45) is 5.56. The molecule has 18 heavy (non-hydrogen) atoms. The Morgan fingerprint density at radius 1 is 1.33 bits per heavy atom. The monoisotopic (exact) mass is 254 g/mol. The Balaban J connectivity index is 1.98. The molecular weight excluding hydrogens is 224 g/mol. The Bertz CT molecular complexity index is 267. The van der Waals surface area contributed by atoms with E-state index in [0.717, 1.165) is 13.1 Å². The lowest BCUT2D eigenvalue weighted by molar-refractivity contribution is 0.0940. The maximum Gasteiger partial charge on any atom is 0.0710 e. The van der Waals surface area contributed by atoms with Gasteiger partial charge < -0.3 is 10.1 Å². The Kier molecular flexibility index (Phi) is 4.68. The number of hydrogen-bond donors (Lipinski definition) is 1. The predicted molar refractivity (Wildman–Crippen MR) is 75.9 cm³/mol. The summed E-state index contributed by atoms with van der Waals surface area (Å²) in [5.74, 6) is 0. The van der Waals surface area contributed by atoms with Crippen LogP contribution in [0.25, 0.3) is 0 Å². The van der Waals surface area contributed by atoms with E-state index in [1.807, 2.05) is 7.11 Å². The number of nitrogens with one attached hydrogen (secondary N) is 1. The van der Waals surface area contributed by atoms with Gasteiger partial charge in [0, 0.05) is 32.3 Å². The molecule has 1 saturated heterocycles. The van der Waals surface area contributed by atoms with Crippen LogP contribution < -0.4 is 5.32 Å². The van der Waals surface area contributed by atoms with Gasteiger partial charge in [-0.05, 0) is 37.6 Å². The van der Waals surface area contributed by atoms with Gasteiger partial charge in [-0.2, -0.15) is 0 Å². The molecule has 1 aliphatic heterocycles. The van der Waals surface area contributed by atoms with Crippen molar-refractivity contribution in [1.82, 2.24) is 10.2 Å². The van der Waals surface area contributed by atoms with Crippen LogP contribution >= 0.6 is 0 Å². The molecule has 3 atom stereocenters. The second kappa shape index (κ2) is 5.89. The van der Waals surface area contributed by atoms with E-state index >= 15 is 0 Å². The largest absolute Gasteiger partial charge is 0.380 e. The summed E-state index contributed by atoms with van der Waals surface area (Å²) in [4.78, 5) is 2.66. The first-order chi connectivity index (χ1) is 8.58. The summed E-state index contributed by atoms with van der Waals surface area (Å²) in [6.45, 7) is 10.6. The predicted octanol–water partition coefficient (Wildman–Crippen LogP) is 2.26. The van der Waals surface area contributed by atoms with Crippen LogP contribution in [0, 0.1) is 5.41 Å². The summed E-state index contributed by atoms with van der Waals surface area (Å²) >= 11 is 0. The van der Waals surface area contributed by atoms with Gasteiger partial charge in [-0.15, -0.1) is 0 Å². The molecule has 3 nitrogen and oxygen atoms in total. The molecular formula is C15H30N2O. The zero-order chi connectivity index (χ0) is 13.2. The van der Waals surface area contributed by atoms with Gasteiger partial charge in [0.05, 0.1) is 6.10 Å². The lowest BCUT2D eigenvalue weighted by Gasteiger charge is -2.36. The molecule has 0 aromatic carbocycles. The molecule has 1 saturated carbocycles. The van der Waals surface area contributed by atoms with Crippen molar-refractivity contribution < 1.29 is 4.74 Å². The van der Waals surface area contributed by atoms with Crippen LogP contribution in [0.5, 0.6) is 0 Å². The third kappa shape index (κ3) is 2.89. The van der Waals surface area contributed by atoms with E-state index in [2.05, 4.69) is 31.0 Å². The lowest BCUT2D eigenvalue weighted by atomic mass is 9.86. The number of nitrogens with zero attached hydrogens (tertiary/aromatic N) is 1. The van der Waals surface area contributed by atoms with Gasteiger partial charge in [0.1, 0.15) is 0 Å². The quantitative estimate of drug-likeness (QED) is 0.814. The normalized spacial score (nSPS) is 36.3. The second-order valence-corrected chi connectivity index (χ2v) is 6.67. The third-order valence-electron chi connectivity index (χ3n) is 4.90. The molecule has 2 aliphatic rings. The number of likely N-dealkylation sites (tertiary alicyclic amines) is 1. The smallest absolute Gasteiger partial charge is 0.0710 e. The number of methoxy groups -OCH3 is 1. The third-order valence-corrected chi connectivity index (χ3v) is 4.90. The van der Waals surface area contributed by atoms with Crippen LogP contribution in [-0.2, 0) is 4.74 Å². The summed E-state index contributed by atoms with van der Waals surface area (Å²) in [6, 6.07) is 1.36. The van der Waals surface area contributed by atoms with E-state index in [1.54, 1.807) is 0 Å². The minimum Gasteiger partial charge on any atom is -0.380 e. The molecule has 1 N–H and O–H groups in total. The fraction of sp³-hybridized carbons (Fsp3) is 1.00. The molecule has 0 aromatic heterocycles. The van der Waals surface area contributed by atoms with Crippen LogP contribution in [0.15, 0.2) is 0 Å². The molecule has 0 aromatic rings. The van der Waals surface area contributed by atoms with Crippen LogP contribution in [-0.4, -0.2) is 49.8 Å². The molecule has 3 unspecified atom stereocenters. The van der Waals surface area contributed by atoms with E-state index in [9.17, 15) is 0 Å². The highest BCUT2D eigenvalue weighted by molar-refractivity contribution is 5.02. The molecule has 0 bridgehead atoms. The molecule has 2 rings (SSSR count). The Hall–Kier alpha value is -0.120. The Labute approximate surface area is 112 Å². The van der Waals surface area contributed by atoms with E-state index in [0.29, 0.717) is 23.6 Å². The minimum atomic E-state index is 0.436. The summed E-state index contributed by atoms with van der Waals surface area (Å²) in [5, 5.41) is 3.80. The second-order valence-electron chi connectivity index (χ2n) is 6.67. The van der Waals surface area contributed by atoms with E-state index in [1.165, 1.54) is 32.2 Å². The van der Waals surface area contributed by atoms with Crippen LogP contribution in [0.4, 0.5) is 0 Å². The highest BCUT2D eigenvalue weighted by Crippen LogP contribution is 2.40. The van der Waals surface area contributed by atoms with Gasteiger partial charge in [-0.25, -0.2) is 0 Å². The summed E-state index contributed by atoms with van der Waals surface area (Å²) in [5.41, 5.74) is 0.436. The maximum atomic E-state index is 5.51. The molecule has 106 valence electrons. The van der Waals surface area contributed by atoms with Crippen molar-refractivity contribution >= 4 is 0 Å². The van der Waals surface area contributed by atoms with Crippen molar-refractivity contribution in [3.05, 3.63) is 0 Å². The van der Waals surface area contributed by atoms with Gasteiger partial charge in [-0.3, -0.25) is 4.90 Å². The average Bonchev–Trinajstić information content (AvgIpc) is 2.91. The molecule has 2 fully saturated rings. The van der Waals surface area contributed by atoms with E-state index in [4.69, 9.17) is 4.74 Å². The van der Waals surface area contributed by atoms with Gasteiger partial charge in [0.25, 0.3) is 0 Å². The molecule has 0 radical (unpaired) electrons. The van der Waals surface area contributed by atoms with Crippen molar-refractivity contribution in [2.45, 2.75) is 64.6 Å². The standard InChI is InChI=1S/C15H30N2O/c1-5-9-16-14-13(6-8-15(14,2)3)17-10-7-12(11-17)18-4/h12-14,16H,5-11H2,1-4H3. The Morgan fingerprint density at radius 2 is 2.11 bits per heavy atom. The van der Waals surface area contributed by atoms with Gasteiger partial charge in [0.2, 0.25) is 0 Å². The zero-order valence-electron chi connectivity index (χ0n) is 12.5. The topological polar surface area (TPSA) is 24.5 Å². The molecule has 0 spiro atoms. The molecule has 0 amide bonds. The van der Waals surface area contributed by atoms with Crippen LogP contribution in [0.1, 0.15) is 46.5 Å². The lowest BCUT2D eigenvalue weighted by Crippen LogP contribution is -2.51. The fourth-order valence-electron chi connectivity index (χ4n) is 3.72. The maximum absolute atomic E-state index is 5.51. The average molecular weight is 254 g/mol. The van der Waals surface area contributed by atoms with Crippen molar-refractivity contribution in [3.8, 4) is 0 Å². The zero-order valence-corrected chi connectivity index (χ0v) is 12.5. The summed E-state index contributed by atoms with van der Waals surface area (Å²) in [7, 11) is 1.85. The molecule has 3 heteroatoms. The van der Waals surface area contributed by atoms with Crippen molar-refractivity contribution in [2.75, 3.05) is 26.7 Å². The van der Waals surface area contributed by atoms with Crippen molar-refractivity contribution in [1.29, 1.82) is 0 Å². The van der Waals surface area contributed by atoms with Crippen molar-refractivity contribution in [2.24, 2.45) is 5.41 Å². The molecule has 1 aliphatic carbocycles. The van der Waals surface area contributed by atoms with Crippen LogP contribution in [0.2, 0.25) is 0 Å².